The van der Waals surface area contributed by atoms with Crippen molar-refractivity contribution in [2.24, 2.45) is 0 Å². The van der Waals surface area contributed by atoms with Gasteiger partial charge in [-0.3, -0.25) is 14.5 Å². The van der Waals surface area contributed by atoms with Crippen LogP contribution in [0.25, 0.3) is 11.3 Å². The van der Waals surface area contributed by atoms with E-state index >= 15 is 0 Å². The summed E-state index contributed by atoms with van der Waals surface area (Å²) >= 11 is 1.54. The van der Waals surface area contributed by atoms with Crippen molar-refractivity contribution in [2.75, 3.05) is 30.9 Å². The summed E-state index contributed by atoms with van der Waals surface area (Å²) in [7, 11) is 0. The number of aromatic nitrogens is 2. The van der Waals surface area contributed by atoms with Crippen LogP contribution in [0, 0.1) is 13.8 Å². The maximum Gasteiger partial charge on any atom is 0.237 e. The zero-order valence-electron chi connectivity index (χ0n) is 22.6. The Kier molecular flexibility index (Phi) is 7.81. The molecule has 2 aliphatic heterocycles. The lowest BCUT2D eigenvalue weighted by atomic mass is 10.00. The number of ether oxygens (including phenoxy) is 1. The van der Waals surface area contributed by atoms with Crippen molar-refractivity contribution in [2.45, 2.75) is 44.4 Å². The molecule has 2 aliphatic rings. The van der Waals surface area contributed by atoms with Crippen LogP contribution >= 0.6 is 11.9 Å². The molecule has 3 aromatic carbocycles. The normalized spacial score (nSPS) is 19.7. The Hall–Kier alpha value is -3.39. The van der Waals surface area contributed by atoms with E-state index in [0.717, 1.165) is 61.8 Å². The standard InChI is InChI=1S/C32H35N5OS/c1-23-9-6-10-24(2)31(23)29-18-30-34-32(33-29)35-39-28-14-7-13-26(17-28)20-37-16-8-15-36(21-27(22-37)38-30)19-25-11-4-3-5-12-25/h3-7,9-14,17-18,27H,8,15-16,19-22H2,1-2H3,(H,33,34,35). The molecular weight excluding hydrogens is 502 g/mol. The summed E-state index contributed by atoms with van der Waals surface area (Å²) in [6.45, 7) is 9.84. The zero-order chi connectivity index (χ0) is 26.6. The van der Waals surface area contributed by atoms with Crippen LogP contribution < -0.4 is 9.46 Å². The molecule has 1 fully saturated rings. The van der Waals surface area contributed by atoms with E-state index in [1.165, 1.54) is 22.3 Å². The average Bonchev–Trinajstić information content (AvgIpc) is 2.91. The van der Waals surface area contributed by atoms with Gasteiger partial charge in [0.05, 0.1) is 5.69 Å². The molecule has 0 amide bonds. The summed E-state index contributed by atoms with van der Waals surface area (Å²) in [4.78, 5) is 16.0. The van der Waals surface area contributed by atoms with Crippen molar-refractivity contribution in [3.63, 3.8) is 0 Å². The van der Waals surface area contributed by atoms with Crippen molar-refractivity contribution >= 4 is 17.9 Å². The van der Waals surface area contributed by atoms with Gasteiger partial charge in [-0.1, -0.05) is 60.7 Å². The summed E-state index contributed by atoms with van der Waals surface area (Å²) in [5, 5.41) is 0. The number of nitrogens with zero attached hydrogens (tertiary/aromatic N) is 4. The minimum atomic E-state index is -0.0285. The fraction of sp³-hybridized carbons (Fsp3) is 0.312. The highest BCUT2D eigenvalue weighted by molar-refractivity contribution is 8.00. The van der Waals surface area contributed by atoms with Gasteiger partial charge < -0.3 is 4.74 Å². The molecular formula is C32H35N5OS. The summed E-state index contributed by atoms with van der Waals surface area (Å²) in [6.07, 6.45) is 1.10. The lowest BCUT2D eigenvalue weighted by molar-refractivity contribution is 0.0616. The number of benzene rings is 3. The fourth-order valence-corrected chi connectivity index (χ4v) is 6.31. The highest BCUT2D eigenvalue weighted by atomic mass is 32.2. The van der Waals surface area contributed by atoms with Gasteiger partial charge in [0.15, 0.2) is 0 Å². The molecule has 0 spiro atoms. The van der Waals surface area contributed by atoms with Gasteiger partial charge in [-0.05, 0) is 79.7 Å². The fourth-order valence-electron chi connectivity index (χ4n) is 5.66. The van der Waals surface area contributed by atoms with Crippen LogP contribution in [0.2, 0.25) is 0 Å². The van der Waals surface area contributed by atoms with Gasteiger partial charge >= 0.3 is 0 Å². The molecule has 1 N–H and O–H groups in total. The largest absolute Gasteiger partial charge is 0.471 e. The number of nitrogens with one attached hydrogen (secondary N) is 1. The van der Waals surface area contributed by atoms with Crippen molar-refractivity contribution in [3.05, 3.63) is 101 Å². The lowest BCUT2D eigenvalue weighted by Crippen LogP contribution is -2.46. The van der Waals surface area contributed by atoms with Crippen molar-refractivity contribution in [1.82, 2.24) is 19.8 Å². The monoisotopic (exact) mass is 537 g/mol. The predicted octanol–water partition coefficient (Wildman–Crippen LogP) is 6.35. The van der Waals surface area contributed by atoms with Crippen LogP contribution in [0.1, 0.15) is 28.7 Å². The van der Waals surface area contributed by atoms with E-state index < -0.39 is 0 Å². The van der Waals surface area contributed by atoms with Crippen LogP contribution in [0.4, 0.5) is 5.95 Å². The Morgan fingerprint density at radius 2 is 1.72 bits per heavy atom. The number of aryl methyl sites for hydroxylation is 2. The molecule has 39 heavy (non-hydrogen) atoms. The first-order valence-electron chi connectivity index (χ1n) is 13.7. The highest BCUT2D eigenvalue weighted by Gasteiger charge is 2.25. The molecule has 6 bridgehead atoms. The smallest absolute Gasteiger partial charge is 0.237 e. The van der Waals surface area contributed by atoms with Gasteiger partial charge in [0, 0.05) is 42.7 Å². The first-order chi connectivity index (χ1) is 19.1. The molecule has 4 aromatic rings. The third-order valence-corrected chi connectivity index (χ3v) is 8.19. The number of rotatable bonds is 3. The van der Waals surface area contributed by atoms with E-state index in [2.05, 4.69) is 101 Å². The van der Waals surface area contributed by atoms with E-state index in [-0.39, 0.29) is 6.10 Å². The second-order valence-electron chi connectivity index (χ2n) is 10.6. The van der Waals surface area contributed by atoms with Gasteiger partial charge in [-0.15, -0.1) is 0 Å². The number of hydrogen-bond acceptors (Lipinski definition) is 7. The third kappa shape index (κ3) is 6.44. The van der Waals surface area contributed by atoms with E-state index in [9.17, 15) is 0 Å². The topological polar surface area (TPSA) is 53.5 Å². The van der Waals surface area contributed by atoms with Crippen LogP contribution in [0.5, 0.6) is 5.88 Å². The zero-order valence-corrected chi connectivity index (χ0v) is 23.5. The van der Waals surface area contributed by atoms with E-state index in [1.54, 1.807) is 11.9 Å². The van der Waals surface area contributed by atoms with Gasteiger partial charge in [0.25, 0.3) is 0 Å². The maximum atomic E-state index is 6.76. The van der Waals surface area contributed by atoms with Crippen molar-refractivity contribution < 1.29 is 4.74 Å². The molecule has 0 aliphatic carbocycles. The molecule has 0 saturated carbocycles. The molecule has 2 atom stereocenters. The first-order valence-corrected chi connectivity index (χ1v) is 14.5. The van der Waals surface area contributed by atoms with Crippen LogP contribution in [0.15, 0.2) is 83.8 Å². The Balaban J connectivity index is 1.37. The van der Waals surface area contributed by atoms with Crippen molar-refractivity contribution in [3.8, 4) is 17.1 Å². The molecule has 7 heteroatoms. The third-order valence-electron chi connectivity index (χ3n) is 7.41. The van der Waals surface area contributed by atoms with Gasteiger partial charge in [0.2, 0.25) is 11.8 Å². The predicted molar refractivity (Wildman–Crippen MR) is 159 cm³/mol. The quantitative estimate of drug-likeness (QED) is 0.306. The highest BCUT2D eigenvalue weighted by Crippen LogP contribution is 2.31. The van der Waals surface area contributed by atoms with Gasteiger partial charge in [0.1, 0.15) is 6.10 Å². The minimum absolute atomic E-state index is 0.0285. The second kappa shape index (κ2) is 11.8. The minimum Gasteiger partial charge on any atom is -0.471 e. The van der Waals surface area contributed by atoms with Crippen molar-refractivity contribution in [1.29, 1.82) is 0 Å². The molecule has 2 unspecified atom stereocenters. The Morgan fingerprint density at radius 3 is 2.56 bits per heavy atom. The van der Waals surface area contributed by atoms with Gasteiger partial charge in [-0.25, -0.2) is 4.98 Å². The number of anilines is 1. The van der Waals surface area contributed by atoms with Crippen LogP contribution in [-0.2, 0) is 13.1 Å². The molecule has 6 nitrogen and oxygen atoms in total. The molecule has 200 valence electrons. The molecule has 1 saturated heterocycles. The summed E-state index contributed by atoms with van der Waals surface area (Å²) in [5.74, 6) is 1.17. The van der Waals surface area contributed by atoms with Crippen LogP contribution in [0.3, 0.4) is 0 Å². The Bertz CT molecular complexity index is 1410. The summed E-state index contributed by atoms with van der Waals surface area (Å²) < 4.78 is 10.2. The van der Waals surface area contributed by atoms with E-state index in [0.29, 0.717) is 11.8 Å². The first kappa shape index (κ1) is 25.9. The number of fused-ring (bicyclic) bond motifs is 6. The molecule has 0 radical (unpaired) electrons. The van der Waals surface area contributed by atoms with E-state index in [1.807, 2.05) is 6.07 Å². The van der Waals surface area contributed by atoms with E-state index in [4.69, 9.17) is 14.7 Å². The second-order valence-corrected chi connectivity index (χ2v) is 11.5. The summed E-state index contributed by atoms with van der Waals surface area (Å²) in [6, 6.07) is 27.9. The Morgan fingerprint density at radius 1 is 0.897 bits per heavy atom. The molecule has 6 rings (SSSR count). The molecule has 1 aromatic heterocycles. The summed E-state index contributed by atoms with van der Waals surface area (Å²) in [5.41, 5.74) is 7.04. The average molecular weight is 538 g/mol. The number of hydrogen-bond donors (Lipinski definition) is 1. The lowest BCUT2D eigenvalue weighted by Gasteiger charge is -2.35. The molecule has 3 heterocycles. The van der Waals surface area contributed by atoms with Crippen LogP contribution in [-0.4, -0.2) is 52.1 Å². The van der Waals surface area contributed by atoms with Gasteiger partial charge in [-0.2, -0.15) is 4.98 Å². The Labute approximate surface area is 235 Å². The SMILES string of the molecule is Cc1cccc(C)c1-c1cc2nc(n1)NSc1cccc(c1)CN1CCCN(Cc3ccccc3)CC(C1)O2. The maximum absolute atomic E-state index is 6.76.